The molecule has 5 rings (SSSR count). The quantitative estimate of drug-likeness (QED) is 0.863. The second-order valence-corrected chi connectivity index (χ2v) is 8.69. The molecule has 0 spiro atoms. The molecule has 1 fully saturated rings. The summed E-state index contributed by atoms with van der Waals surface area (Å²) in [5.41, 5.74) is 4.02. The fourth-order valence-corrected chi connectivity index (χ4v) is 5.06. The summed E-state index contributed by atoms with van der Waals surface area (Å²) >= 11 is 0. The summed E-state index contributed by atoms with van der Waals surface area (Å²) < 4.78 is 5.92. The van der Waals surface area contributed by atoms with Crippen LogP contribution in [0.1, 0.15) is 43.9 Å². The third kappa shape index (κ3) is 2.33. The largest absolute Gasteiger partial charge is 0.490 e. The molecule has 4 heteroatoms. The Bertz CT molecular complexity index is 994. The van der Waals surface area contributed by atoms with Gasteiger partial charge in [-0.1, -0.05) is 50.3 Å². The molecule has 0 unspecified atom stereocenters. The number of carbonyl (C=O) groups is 1. The zero-order chi connectivity index (χ0) is 19.5. The standard InChI is InChI=1S/C24H26N2O2/c1-16-14-18-9-8-17(15-21(18)28-16)10-12-24-23(2,3)19-6-4-5-7-20(19)26(24)13-11-22(27)25-24/h4-10,12,15-16H,11,13-14H2,1-3H3,(H,25,27)/t16-,24+/m1/s1. The van der Waals surface area contributed by atoms with E-state index in [-0.39, 0.29) is 17.4 Å². The van der Waals surface area contributed by atoms with Gasteiger partial charge in [0, 0.05) is 30.5 Å². The van der Waals surface area contributed by atoms with Gasteiger partial charge in [0.1, 0.15) is 17.5 Å². The predicted octanol–water partition coefficient (Wildman–Crippen LogP) is 4.04. The van der Waals surface area contributed by atoms with Gasteiger partial charge in [-0.2, -0.15) is 0 Å². The van der Waals surface area contributed by atoms with E-state index >= 15 is 0 Å². The number of benzene rings is 2. The van der Waals surface area contributed by atoms with Crippen LogP contribution in [0.25, 0.3) is 6.08 Å². The first-order chi connectivity index (χ1) is 13.4. The van der Waals surface area contributed by atoms with Crippen molar-refractivity contribution in [2.75, 3.05) is 11.4 Å². The lowest BCUT2D eigenvalue weighted by Gasteiger charge is -2.49. The Morgan fingerprint density at radius 2 is 2.04 bits per heavy atom. The van der Waals surface area contributed by atoms with Crippen molar-refractivity contribution in [2.24, 2.45) is 0 Å². The third-order valence-electron chi connectivity index (χ3n) is 6.58. The van der Waals surface area contributed by atoms with E-state index in [1.54, 1.807) is 0 Å². The van der Waals surface area contributed by atoms with Gasteiger partial charge in [-0.25, -0.2) is 0 Å². The summed E-state index contributed by atoms with van der Waals surface area (Å²) in [4.78, 5) is 14.8. The first-order valence-corrected chi connectivity index (χ1v) is 10.1. The zero-order valence-electron chi connectivity index (χ0n) is 16.7. The normalized spacial score (nSPS) is 27.2. The van der Waals surface area contributed by atoms with Crippen LogP contribution in [0.5, 0.6) is 5.75 Å². The highest BCUT2D eigenvalue weighted by Crippen LogP contribution is 2.52. The Morgan fingerprint density at radius 1 is 1.21 bits per heavy atom. The Hall–Kier alpha value is -2.75. The molecule has 1 amide bonds. The summed E-state index contributed by atoms with van der Waals surface area (Å²) in [7, 11) is 0. The van der Waals surface area contributed by atoms with Crippen LogP contribution < -0.4 is 15.0 Å². The highest BCUT2D eigenvalue weighted by Gasteiger charge is 2.57. The maximum atomic E-state index is 12.5. The molecule has 4 nitrogen and oxygen atoms in total. The first-order valence-electron chi connectivity index (χ1n) is 10.1. The average Bonchev–Trinajstić information content (AvgIpc) is 3.13. The molecule has 3 heterocycles. The highest BCUT2D eigenvalue weighted by atomic mass is 16.5. The number of fused-ring (bicyclic) bond motifs is 4. The lowest BCUT2D eigenvalue weighted by molar-refractivity contribution is -0.124. The lowest BCUT2D eigenvalue weighted by atomic mass is 9.74. The van der Waals surface area contributed by atoms with Gasteiger partial charge in [0.05, 0.1) is 0 Å². The molecular weight excluding hydrogens is 348 g/mol. The van der Waals surface area contributed by atoms with E-state index in [4.69, 9.17) is 4.74 Å². The number of carbonyl (C=O) groups excluding carboxylic acids is 1. The molecule has 2 aromatic rings. The van der Waals surface area contributed by atoms with Gasteiger partial charge in [0.15, 0.2) is 0 Å². The van der Waals surface area contributed by atoms with Crippen LogP contribution in [0.15, 0.2) is 48.5 Å². The van der Waals surface area contributed by atoms with Crippen LogP contribution in [-0.2, 0) is 16.6 Å². The van der Waals surface area contributed by atoms with Crippen molar-refractivity contribution < 1.29 is 9.53 Å². The fourth-order valence-electron chi connectivity index (χ4n) is 5.06. The summed E-state index contributed by atoms with van der Waals surface area (Å²) in [5.74, 6) is 1.08. The van der Waals surface area contributed by atoms with Crippen LogP contribution in [0.4, 0.5) is 5.69 Å². The lowest BCUT2D eigenvalue weighted by Crippen LogP contribution is -2.68. The SMILES string of the molecule is C[C@@H]1Cc2ccc(C=C[C@]34NC(=O)CCN3c3ccccc3C4(C)C)cc2O1. The Morgan fingerprint density at radius 3 is 2.89 bits per heavy atom. The maximum absolute atomic E-state index is 12.5. The van der Waals surface area contributed by atoms with Crippen molar-refractivity contribution in [3.8, 4) is 5.75 Å². The van der Waals surface area contributed by atoms with Gasteiger partial charge >= 0.3 is 0 Å². The molecular formula is C24H26N2O2. The van der Waals surface area contributed by atoms with Crippen molar-refractivity contribution in [2.45, 2.75) is 50.8 Å². The molecule has 3 aliphatic rings. The summed E-state index contributed by atoms with van der Waals surface area (Å²) in [5, 5.41) is 3.33. The average molecular weight is 374 g/mol. The molecule has 0 radical (unpaired) electrons. The minimum Gasteiger partial charge on any atom is -0.490 e. The van der Waals surface area contributed by atoms with E-state index in [1.165, 1.54) is 16.8 Å². The number of ether oxygens (including phenoxy) is 1. The van der Waals surface area contributed by atoms with E-state index in [0.29, 0.717) is 6.42 Å². The maximum Gasteiger partial charge on any atom is 0.223 e. The van der Waals surface area contributed by atoms with Gasteiger partial charge in [-0.05, 0) is 41.8 Å². The monoisotopic (exact) mass is 374 g/mol. The van der Waals surface area contributed by atoms with Crippen LogP contribution in [-0.4, -0.2) is 24.2 Å². The number of nitrogens with one attached hydrogen (secondary N) is 1. The van der Waals surface area contributed by atoms with Gasteiger partial charge in [0.25, 0.3) is 0 Å². The molecule has 0 bridgehead atoms. The number of nitrogens with zero attached hydrogens (tertiary/aromatic N) is 1. The zero-order valence-corrected chi connectivity index (χ0v) is 16.7. The number of anilines is 1. The van der Waals surface area contributed by atoms with Crippen LogP contribution in [0.2, 0.25) is 0 Å². The molecule has 1 N–H and O–H groups in total. The van der Waals surface area contributed by atoms with E-state index in [2.05, 4.69) is 85.6 Å². The molecule has 0 saturated carbocycles. The molecule has 1 saturated heterocycles. The van der Waals surface area contributed by atoms with E-state index in [1.807, 2.05) is 0 Å². The number of para-hydroxylation sites is 1. The molecule has 0 aromatic heterocycles. The fraction of sp³-hybridized carbons (Fsp3) is 0.375. The van der Waals surface area contributed by atoms with Crippen LogP contribution >= 0.6 is 0 Å². The number of hydrogen-bond acceptors (Lipinski definition) is 3. The van der Waals surface area contributed by atoms with Gasteiger partial charge < -0.3 is 15.0 Å². The topological polar surface area (TPSA) is 41.6 Å². The number of hydrogen-bond donors (Lipinski definition) is 1. The van der Waals surface area contributed by atoms with Crippen molar-refractivity contribution in [3.63, 3.8) is 0 Å². The van der Waals surface area contributed by atoms with E-state index in [9.17, 15) is 4.79 Å². The minimum atomic E-state index is -0.570. The van der Waals surface area contributed by atoms with Crippen LogP contribution in [0.3, 0.4) is 0 Å². The smallest absolute Gasteiger partial charge is 0.223 e. The third-order valence-corrected chi connectivity index (χ3v) is 6.58. The van der Waals surface area contributed by atoms with Gasteiger partial charge in [-0.15, -0.1) is 0 Å². The molecule has 0 aliphatic carbocycles. The summed E-state index contributed by atoms with van der Waals surface area (Å²) in [6, 6.07) is 14.9. The minimum absolute atomic E-state index is 0.105. The Kier molecular flexibility index (Phi) is 3.64. The number of amides is 1. The van der Waals surface area contributed by atoms with E-state index in [0.717, 1.165) is 24.3 Å². The Labute approximate surface area is 166 Å². The second-order valence-electron chi connectivity index (χ2n) is 8.69. The van der Waals surface area contributed by atoms with Gasteiger partial charge in [0.2, 0.25) is 5.91 Å². The van der Waals surface area contributed by atoms with Crippen molar-refractivity contribution in [3.05, 3.63) is 65.2 Å². The second kappa shape index (κ2) is 5.87. The predicted molar refractivity (Wildman–Crippen MR) is 112 cm³/mol. The molecule has 2 atom stereocenters. The van der Waals surface area contributed by atoms with Gasteiger partial charge in [-0.3, -0.25) is 4.79 Å². The molecule has 2 aromatic carbocycles. The Balaban J connectivity index is 1.58. The molecule has 144 valence electrons. The molecule has 28 heavy (non-hydrogen) atoms. The molecule has 3 aliphatic heterocycles. The van der Waals surface area contributed by atoms with Crippen molar-refractivity contribution in [1.29, 1.82) is 0 Å². The summed E-state index contributed by atoms with van der Waals surface area (Å²) in [6.45, 7) is 7.26. The van der Waals surface area contributed by atoms with Crippen molar-refractivity contribution >= 4 is 17.7 Å². The first kappa shape index (κ1) is 17.4. The number of rotatable bonds is 2. The van der Waals surface area contributed by atoms with E-state index < -0.39 is 5.66 Å². The van der Waals surface area contributed by atoms with Crippen LogP contribution in [0, 0.1) is 0 Å². The highest BCUT2D eigenvalue weighted by molar-refractivity contribution is 5.84. The van der Waals surface area contributed by atoms with Crippen molar-refractivity contribution in [1.82, 2.24) is 5.32 Å². The summed E-state index contributed by atoms with van der Waals surface area (Å²) in [6.07, 6.45) is 6.02.